The minimum absolute atomic E-state index is 0.149. The molecule has 0 aliphatic heterocycles. The Morgan fingerprint density at radius 1 is 1.23 bits per heavy atom. The number of carbonyl (C=O) groups is 1. The van der Waals surface area contributed by atoms with Crippen molar-refractivity contribution in [3.8, 4) is 5.75 Å². The molecule has 0 aliphatic rings. The lowest BCUT2D eigenvalue weighted by Gasteiger charge is -2.09. The average Bonchev–Trinajstić information content (AvgIpc) is 2.47. The van der Waals surface area contributed by atoms with Gasteiger partial charge in [-0.3, -0.25) is 14.9 Å². The van der Waals surface area contributed by atoms with E-state index >= 15 is 0 Å². The van der Waals surface area contributed by atoms with E-state index in [0.717, 1.165) is 0 Å². The lowest BCUT2D eigenvalue weighted by Crippen LogP contribution is -2.20. The number of amides is 1. The van der Waals surface area contributed by atoms with Crippen molar-refractivity contribution in [3.05, 3.63) is 62.6 Å². The topological polar surface area (TPSA) is 81.5 Å². The van der Waals surface area contributed by atoms with Crippen LogP contribution in [0.1, 0.15) is 0 Å². The molecule has 1 N–H and O–H groups in total. The van der Waals surface area contributed by atoms with Gasteiger partial charge in [0.15, 0.2) is 6.61 Å². The molecule has 22 heavy (non-hydrogen) atoms. The second-order valence-electron chi connectivity index (χ2n) is 4.22. The molecule has 114 valence electrons. The van der Waals surface area contributed by atoms with E-state index in [1.165, 1.54) is 18.2 Å². The van der Waals surface area contributed by atoms with Gasteiger partial charge in [-0.2, -0.15) is 0 Å². The molecule has 2 rings (SSSR count). The smallest absolute Gasteiger partial charge is 0.271 e. The van der Waals surface area contributed by atoms with E-state index in [1.807, 2.05) is 0 Å². The average molecular weight is 341 g/mol. The van der Waals surface area contributed by atoms with Crippen molar-refractivity contribution in [1.29, 1.82) is 0 Å². The van der Waals surface area contributed by atoms with Crippen LogP contribution in [0.4, 0.5) is 11.4 Å². The molecule has 0 saturated carbocycles. The fraction of sp³-hybridized carbons (Fsp3) is 0.0714. The van der Waals surface area contributed by atoms with Crippen molar-refractivity contribution < 1.29 is 14.5 Å². The second kappa shape index (κ2) is 7.11. The highest BCUT2D eigenvalue weighted by Gasteiger charge is 2.12. The summed E-state index contributed by atoms with van der Waals surface area (Å²) >= 11 is 11.7. The number of non-ortho nitro benzene ring substituents is 1. The highest BCUT2D eigenvalue weighted by atomic mass is 35.5. The van der Waals surface area contributed by atoms with Gasteiger partial charge in [0.1, 0.15) is 5.75 Å². The van der Waals surface area contributed by atoms with Crippen molar-refractivity contribution in [2.45, 2.75) is 0 Å². The molecule has 1 amide bonds. The predicted molar refractivity (Wildman–Crippen MR) is 83.7 cm³/mol. The maximum absolute atomic E-state index is 11.8. The summed E-state index contributed by atoms with van der Waals surface area (Å²) in [6, 6.07) is 10.4. The number of rotatable bonds is 5. The Hall–Kier alpha value is -2.31. The fourth-order valence-corrected chi connectivity index (χ4v) is 1.96. The quantitative estimate of drug-likeness (QED) is 0.660. The molecule has 0 spiro atoms. The van der Waals surface area contributed by atoms with Gasteiger partial charge in [0.25, 0.3) is 11.6 Å². The molecule has 0 radical (unpaired) electrons. The van der Waals surface area contributed by atoms with Crippen molar-refractivity contribution in [2.24, 2.45) is 0 Å². The normalized spacial score (nSPS) is 10.1. The Kier molecular flexibility index (Phi) is 5.19. The number of anilines is 1. The number of ether oxygens (including phenoxy) is 1. The zero-order chi connectivity index (χ0) is 16.1. The van der Waals surface area contributed by atoms with Crippen LogP contribution in [0.15, 0.2) is 42.5 Å². The SMILES string of the molecule is O=C(COc1cccc(Cl)c1)Nc1cc([N+](=O)[O-])ccc1Cl. The monoisotopic (exact) mass is 340 g/mol. The molecular formula is C14H10Cl2N2O4. The molecule has 0 heterocycles. The Bertz CT molecular complexity index is 722. The zero-order valence-corrected chi connectivity index (χ0v) is 12.6. The van der Waals surface area contributed by atoms with Crippen LogP contribution in [-0.2, 0) is 4.79 Å². The van der Waals surface area contributed by atoms with Gasteiger partial charge in [0, 0.05) is 17.2 Å². The summed E-state index contributed by atoms with van der Waals surface area (Å²) < 4.78 is 5.26. The Labute approximate surface area is 135 Å². The molecule has 6 nitrogen and oxygen atoms in total. The molecule has 0 fully saturated rings. The number of hydrogen-bond donors (Lipinski definition) is 1. The van der Waals surface area contributed by atoms with Crippen LogP contribution in [0.2, 0.25) is 10.0 Å². The third-order valence-electron chi connectivity index (χ3n) is 2.60. The number of nitrogens with one attached hydrogen (secondary N) is 1. The summed E-state index contributed by atoms with van der Waals surface area (Å²) in [5.41, 5.74) is -0.0222. The number of benzene rings is 2. The first-order valence-corrected chi connectivity index (χ1v) is 6.83. The van der Waals surface area contributed by atoms with E-state index in [0.29, 0.717) is 10.8 Å². The molecule has 2 aromatic carbocycles. The Morgan fingerprint density at radius 3 is 2.68 bits per heavy atom. The fourth-order valence-electron chi connectivity index (χ4n) is 1.61. The first-order valence-electron chi connectivity index (χ1n) is 6.08. The Morgan fingerprint density at radius 2 is 2.00 bits per heavy atom. The Balaban J connectivity index is 2.00. The third kappa shape index (κ3) is 4.34. The van der Waals surface area contributed by atoms with Crippen molar-refractivity contribution in [2.75, 3.05) is 11.9 Å². The van der Waals surface area contributed by atoms with Gasteiger partial charge in [-0.15, -0.1) is 0 Å². The van der Waals surface area contributed by atoms with Crippen molar-refractivity contribution >= 4 is 40.5 Å². The molecule has 2 aromatic rings. The summed E-state index contributed by atoms with van der Waals surface area (Å²) in [5, 5.41) is 13.8. The summed E-state index contributed by atoms with van der Waals surface area (Å²) in [5.74, 6) is -0.0600. The number of carbonyl (C=O) groups excluding carboxylic acids is 1. The molecule has 0 bridgehead atoms. The molecule has 0 aromatic heterocycles. The van der Waals surface area contributed by atoms with Gasteiger partial charge in [-0.05, 0) is 24.3 Å². The van der Waals surface area contributed by atoms with Gasteiger partial charge < -0.3 is 10.1 Å². The van der Waals surface area contributed by atoms with Crippen molar-refractivity contribution in [1.82, 2.24) is 0 Å². The molecule has 0 aliphatic carbocycles. The predicted octanol–water partition coefficient (Wildman–Crippen LogP) is 3.92. The third-order valence-corrected chi connectivity index (χ3v) is 3.17. The molecular weight excluding hydrogens is 331 g/mol. The molecule has 0 atom stereocenters. The summed E-state index contributed by atoms with van der Waals surface area (Å²) in [6.07, 6.45) is 0. The van der Waals surface area contributed by atoms with E-state index < -0.39 is 10.8 Å². The van der Waals surface area contributed by atoms with E-state index in [2.05, 4.69) is 5.32 Å². The van der Waals surface area contributed by atoms with Crippen LogP contribution >= 0.6 is 23.2 Å². The molecule has 0 unspecified atom stereocenters. The van der Waals surface area contributed by atoms with Gasteiger partial charge in [-0.25, -0.2) is 0 Å². The van der Waals surface area contributed by atoms with Gasteiger partial charge in [-0.1, -0.05) is 29.3 Å². The zero-order valence-electron chi connectivity index (χ0n) is 11.1. The lowest BCUT2D eigenvalue weighted by molar-refractivity contribution is -0.384. The minimum Gasteiger partial charge on any atom is -0.484 e. The summed E-state index contributed by atoms with van der Waals surface area (Å²) in [7, 11) is 0. The minimum atomic E-state index is -0.575. The van der Waals surface area contributed by atoms with E-state index in [-0.39, 0.29) is 23.0 Å². The highest BCUT2D eigenvalue weighted by molar-refractivity contribution is 6.33. The van der Waals surface area contributed by atoms with E-state index in [9.17, 15) is 14.9 Å². The van der Waals surface area contributed by atoms with Gasteiger partial charge >= 0.3 is 0 Å². The standard InChI is InChI=1S/C14H10Cl2N2O4/c15-9-2-1-3-11(6-9)22-8-14(19)17-13-7-10(18(20)21)4-5-12(13)16/h1-7H,8H2,(H,17,19). The van der Waals surface area contributed by atoms with E-state index in [4.69, 9.17) is 27.9 Å². The van der Waals surface area contributed by atoms with Crippen LogP contribution in [0.25, 0.3) is 0 Å². The summed E-state index contributed by atoms with van der Waals surface area (Å²) in [4.78, 5) is 21.9. The first kappa shape index (κ1) is 16.1. The summed E-state index contributed by atoms with van der Waals surface area (Å²) in [6.45, 7) is -0.278. The number of halogens is 2. The lowest BCUT2D eigenvalue weighted by atomic mass is 10.3. The highest BCUT2D eigenvalue weighted by Crippen LogP contribution is 2.26. The van der Waals surface area contributed by atoms with E-state index in [1.54, 1.807) is 24.3 Å². The maximum atomic E-state index is 11.8. The largest absolute Gasteiger partial charge is 0.484 e. The number of nitrogens with zero attached hydrogens (tertiary/aromatic N) is 1. The second-order valence-corrected chi connectivity index (χ2v) is 5.06. The van der Waals surface area contributed by atoms with Crippen LogP contribution in [0.3, 0.4) is 0 Å². The molecule has 0 saturated heterocycles. The molecule has 8 heteroatoms. The van der Waals surface area contributed by atoms with Crippen molar-refractivity contribution in [3.63, 3.8) is 0 Å². The van der Waals surface area contributed by atoms with Crippen LogP contribution in [0.5, 0.6) is 5.75 Å². The van der Waals surface area contributed by atoms with Gasteiger partial charge in [0.2, 0.25) is 0 Å². The van der Waals surface area contributed by atoms with Crippen LogP contribution in [-0.4, -0.2) is 17.4 Å². The number of nitro benzene ring substituents is 1. The van der Waals surface area contributed by atoms with Gasteiger partial charge in [0.05, 0.1) is 15.6 Å². The number of hydrogen-bond acceptors (Lipinski definition) is 4. The number of nitro groups is 1. The van der Waals surface area contributed by atoms with Crippen LogP contribution in [0, 0.1) is 10.1 Å². The maximum Gasteiger partial charge on any atom is 0.271 e. The first-order chi connectivity index (χ1) is 10.5. The van der Waals surface area contributed by atoms with Crippen LogP contribution < -0.4 is 10.1 Å².